The highest BCUT2D eigenvalue weighted by molar-refractivity contribution is 8.01. The summed E-state index contributed by atoms with van der Waals surface area (Å²) in [5, 5.41) is 10.8. The number of carbonyl (C=O) groups excluding carboxylic acids is 2. The van der Waals surface area contributed by atoms with Crippen LogP contribution in [-0.4, -0.2) is 27.8 Å². The Morgan fingerprint density at radius 1 is 1.47 bits per heavy atom. The summed E-state index contributed by atoms with van der Waals surface area (Å²) in [7, 11) is 0. The van der Waals surface area contributed by atoms with Crippen LogP contribution in [0.5, 0.6) is 0 Å². The molecule has 3 N–H and O–H groups in total. The lowest BCUT2D eigenvalue weighted by molar-refractivity contribution is -0.116. The van der Waals surface area contributed by atoms with Crippen LogP contribution in [0.2, 0.25) is 0 Å². The lowest BCUT2D eigenvalue weighted by Crippen LogP contribution is -2.12. The number of aromatic nitrogens is 2. The molecule has 1 heterocycles. The number of anilines is 1. The van der Waals surface area contributed by atoms with E-state index in [1.54, 1.807) is 0 Å². The van der Waals surface area contributed by atoms with Gasteiger partial charge in [0.15, 0.2) is 4.34 Å². The molecule has 1 aromatic heterocycles. The molecule has 0 radical (unpaired) electrons. The third kappa shape index (κ3) is 5.64. The highest BCUT2D eigenvalue weighted by Crippen LogP contribution is 2.25. The number of nitrogens with one attached hydrogen (secondary N) is 1. The van der Waals surface area contributed by atoms with Gasteiger partial charge in [-0.1, -0.05) is 36.4 Å². The van der Waals surface area contributed by atoms with Gasteiger partial charge >= 0.3 is 0 Å². The van der Waals surface area contributed by atoms with Crippen molar-refractivity contribution in [2.45, 2.75) is 30.5 Å². The maximum absolute atomic E-state index is 11.4. The van der Waals surface area contributed by atoms with Crippen LogP contribution >= 0.6 is 23.1 Å². The number of nitrogens with two attached hydrogens (primary N) is 1. The van der Waals surface area contributed by atoms with Crippen molar-refractivity contribution >= 4 is 40.0 Å². The van der Waals surface area contributed by atoms with E-state index in [0.717, 1.165) is 12.8 Å². The van der Waals surface area contributed by atoms with E-state index in [9.17, 15) is 9.59 Å². The monoisotopic (exact) mass is 274 g/mol. The van der Waals surface area contributed by atoms with Crippen LogP contribution in [0.1, 0.15) is 26.2 Å². The average molecular weight is 274 g/mol. The predicted octanol–water partition coefficient (Wildman–Crippen LogP) is 1.24. The smallest absolute Gasteiger partial charge is 0.227 e. The summed E-state index contributed by atoms with van der Waals surface area (Å²) in [6, 6.07) is 0. The molecule has 0 saturated heterocycles. The van der Waals surface area contributed by atoms with E-state index in [0.29, 0.717) is 15.9 Å². The van der Waals surface area contributed by atoms with Crippen LogP contribution < -0.4 is 11.1 Å². The molecule has 6 nitrogen and oxygen atoms in total. The van der Waals surface area contributed by atoms with Crippen molar-refractivity contribution in [1.82, 2.24) is 10.2 Å². The van der Waals surface area contributed by atoms with Gasteiger partial charge in [0.1, 0.15) is 0 Å². The molecule has 0 aliphatic rings. The molecule has 17 heavy (non-hydrogen) atoms. The second kappa shape index (κ2) is 7.23. The molecule has 0 aliphatic carbocycles. The molecule has 0 unspecified atom stereocenters. The summed E-state index contributed by atoms with van der Waals surface area (Å²) in [6.07, 6.45) is 2.32. The minimum Gasteiger partial charge on any atom is -0.369 e. The normalized spacial score (nSPS) is 10.2. The molecule has 2 amide bonds. The lowest BCUT2D eigenvalue weighted by Gasteiger charge is -1.98. The van der Waals surface area contributed by atoms with Gasteiger partial charge in [-0.2, -0.15) is 0 Å². The molecule has 8 heteroatoms. The zero-order chi connectivity index (χ0) is 12.7. The average Bonchev–Trinajstić information content (AvgIpc) is 2.71. The van der Waals surface area contributed by atoms with Crippen molar-refractivity contribution < 1.29 is 9.59 Å². The first kappa shape index (κ1) is 13.9. The number of unbranched alkanes of at least 4 members (excludes halogenated alkanes) is 1. The molecular weight excluding hydrogens is 260 g/mol. The Bertz CT molecular complexity index is 394. The number of amides is 2. The maximum Gasteiger partial charge on any atom is 0.227 e. The van der Waals surface area contributed by atoms with Crippen LogP contribution in [0.3, 0.4) is 0 Å². The highest BCUT2D eigenvalue weighted by Gasteiger charge is 2.08. The van der Waals surface area contributed by atoms with Gasteiger partial charge in [-0.15, -0.1) is 10.2 Å². The topological polar surface area (TPSA) is 98.0 Å². The fourth-order valence-electron chi connectivity index (χ4n) is 0.971. The number of carbonyl (C=O) groups is 2. The fraction of sp³-hybridized carbons (Fsp3) is 0.556. The number of primary amides is 1. The Morgan fingerprint density at radius 2 is 2.24 bits per heavy atom. The number of nitrogens with zero attached hydrogens (tertiary/aromatic N) is 2. The van der Waals surface area contributed by atoms with Gasteiger partial charge in [0.05, 0.1) is 5.75 Å². The first-order chi connectivity index (χ1) is 8.11. The van der Waals surface area contributed by atoms with E-state index in [2.05, 4.69) is 15.5 Å². The molecule has 94 valence electrons. The first-order valence-electron chi connectivity index (χ1n) is 5.16. The first-order valence-corrected chi connectivity index (χ1v) is 6.96. The molecule has 0 atom stereocenters. The van der Waals surface area contributed by atoms with Crippen LogP contribution in [-0.2, 0) is 9.59 Å². The Morgan fingerprint density at radius 3 is 2.88 bits per heavy atom. The van der Waals surface area contributed by atoms with Crippen molar-refractivity contribution in [1.29, 1.82) is 0 Å². The number of hydrogen-bond acceptors (Lipinski definition) is 6. The Balaban J connectivity index is 2.39. The summed E-state index contributed by atoms with van der Waals surface area (Å²) in [6.45, 7) is 2.02. The van der Waals surface area contributed by atoms with Gasteiger partial charge in [-0.25, -0.2) is 0 Å². The maximum atomic E-state index is 11.4. The van der Waals surface area contributed by atoms with E-state index in [-0.39, 0.29) is 11.7 Å². The van der Waals surface area contributed by atoms with Crippen molar-refractivity contribution in [3.8, 4) is 0 Å². The molecule has 0 fully saturated rings. The molecule has 1 rings (SSSR count). The molecular formula is C9H14N4O2S2. The van der Waals surface area contributed by atoms with Gasteiger partial charge in [0.25, 0.3) is 0 Å². The molecule has 0 aromatic carbocycles. The lowest BCUT2D eigenvalue weighted by atomic mass is 10.2. The van der Waals surface area contributed by atoms with Gasteiger partial charge in [-0.05, 0) is 6.42 Å². The largest absolute Gasteiger partial charge is 0.369 e. The van der Waals surface area contributed by atoms with E-state index in [4.69, 9.17) is 5.73 Å². The molecule has 0 bridgehead atoms. The summed E-state index contributed by atoms with van der Waals surface area (Å²) < 4.78 is 0.620. The van der Waals surface area contributed by atoms with Crippen LogP contribution in [0.15, 0.2) is 4.34 Å². The minimum absolute atomic E-state index is 0.0607. The second-order valence-electron chi connectivity index (χ2n) is 3.28. The molecule has 0 aliphatic heterocycles. The fourth-order valence-corrected chi connectivity index (χ4v) is 2.48. The number of rotatable bonds is 7. The Hall–Kier alpha value is -1.15. The van der Waals surface area contributed by atoms with Crippen LogP contribution in [0.25, 0.3) is 0 Å². The quantitative estimate of drug-likeness (QED) is 0.576. The third-order valence-electron chi connectivity index (χ3n) is 1.75. The molecule has 0 saturated carbocycles. The standard InChI is InChI=1S/C9H14N4O2S2/c1-2-3-4-7(15)11-8-12-13-9(17-8)16-5-6(10)14/h2-5H2,1H3,(H2,10,14)(H,11,12,15). The number of thioether (sulfide) groups is 1. The van der Waals surface area contributed by atoms with Gasteiger partial charge in [0.2, 0.25) is 16.9 Å². The van der Waals surface area contributed by atoms with Crippen molar-refractivity contribution in [3.05, 3.63) is 0 Å². The van der Waals surface area contributed by atoms with Crippen molar-refractivity contribution in [2.24, 2.45) is 5.73 Å². The zero-order valence-electron chi connectivity index (χ0n) is 9.43. The van der Waals surface area contributed by atoms with E-state index < -0.39 is 5.91 Å². The summed E-state index contributed by atoms with van der Waals surface area (Å²) in [5.74, 6) is -0.300. The van der Waals surface area contributed by atoms with Crippen LogP contribution in [0.4, 0.5) is 5.13 Å². The Labute approximate surface area is 107 Å². The van der Waals surface area contributed by atoms with Gasteiger partial charge in [-0.3, -0.25) is 9.59 Å². The minimum atomic E-state index is -0.404. The molecule has 1 aromatic rings. The predicted molar refractivity (Wildman–Crippen MR) is 68.0 cm³/mol. The van der Waals surface area contributed by atoms with Gasteiger partial charge < -0.3 is 11.1 Å². The van der Waals surface area contributed by atoms with Crippen molar-refractivity contribution in [3.63, 3.8) is 0 Å². The summed E-state index contributed by atoms with van der Waals surface area (Å²) >= 11 is 2.45. The van der Waals surface area contributed by atoms with Crippen LogP contribution in [0, 0.1) is 0 Å². The van der Waals surface area contributed by atoms with Gasteiger partial charge in [0, 0.05) is 6.42 Å². The van der Waals surface area contributed by atoms with E-state index in [1.807, 2.05) is 6.92 Å². The number of hydrogen-bond donors (Lipinski definition) is 2. The summed E-state index contributed by atoms with van der Waals surface area (Å²) in [5.41, 5.74) is 5.01. The van der Waals surface area contributed by atoms with Crippen molar-refractivity contribution in [2.75, 3.05) is 11.1 Å². The zero-order valence-corrected chi connectivity index (χ0v) is 11.1. The summed E-state index contributed by atoms with van der Waals surface area (Å²) in [4.78, 5) is 22.0. The SMILES string of the molecule is CCCCC(=O)Nc1nnc(SCC(N)=O)s1. The highest BCUT2D eigenvalue weighted by atomic mass is 32.2. The second-order valence-corrected chi connectivity index (χ2v) is 5.48. The molecule has 0 spiro atoms. The Kier molecular flexibility index (Phi) is 5.92. The van der Waals surface area contributed by atoms with E-state index >= 15 is 0 Å². The van der Waals surface area contributed by atoms with E-state index in [1.165, 1.54) is 23.1 Å². The third-order valence-corrected chi connectivity index (χ3v) is 3.74.